The van der Waals surface area contributed by atoms with Crippen LogP contribution in [0, 0.1) is 0 Å². The summed E-state index contributed by atoms with van der Waals surface area (Å²) in [5.74, 6) is -1.37. The molecule has 4 unspecified atom stereocenters. The fourth-order valence-electron chi connectivity index (χ4n) is 6.77. The normalized spacial score (nSPS) is 19.5. The number of carbonyl (C=O) groups excluding carboxylic acids is 3. The van der Waals surface area contributed by atoms with Gasteiger partial charge in [-0.25, -0.2) is 9.59 Å². The maximum absolute atomic E-state index is 13.3. The molecule has 5 aromatic rings. The predicted molar refractivity (Wildman–Crippen MR) is 208 cm³/mol. The second-order valence-corrected chi connectivity index (χ2v) is 14.6. The number of nitrogens with one attached hydrogen (secondary N) is 1. The molecular formula is C44H40N2O9S. The van der Waals surface area contributed by atoms with Crippen LogP contribution in [-0.2, 0) is 43.6 Å². The van der Waals surface area contributed by atoms with Gasteiger partial charge in [0.25, 0.3) is 5.91 Å². The minimum absolute atomic E-state index is 0.0305. The van der Waals surface area contributed by atoms with Gasteiger partial charge in [0, 0.05) is 22.6 Å². The van der Waals surface area contributed by atoms with E-state index >= 15 is 0 Å². The molecule has 7 rings (SSSR count). The molecule has 0 spiro atoms. The molecule has 0 radical (unpaired) electrons. The van der Waals surface area contributed by atoms with E-state index in [9.17, 15) is 29.4 Å². The fourth-order valence-corrected chi connectivity index (χ4v) is 7.84. The molecule has 56 heavy (non-hydrogen) atoms. The summed E-state index contributed by atoms with van der Waals surface area (Å²) in [7, 11) is 0. The Kier molecular flexibility index (Phi) is 12.2. The van der Waals surface area contributed by atoms with Crippen molar-refractivity contribution in [1.82, 2.24) is 10.2 Å². The first-order valence-corrected chi connectivity index (χ1v) is 19.2. The Morgan fingerprint density at radius 2 is 1.50 bits per heavy atom. The number of aromatic carboxylic acids is 1. The van der Waals surface area contributed by atoms with Crippen LogP contribution < -0.4 is 5.32 Å². The van der Waals surface area contributed by atoms with Crippen LogP contribution in [0.5, 0.6) is 0 Å². The summed E-state index contributed by atoms with van der Waals surface area (Å²) in [6.45, 7) is 0.00586. The molecule has 5 aromatic carbocycles. The lowest BCUT2D eigenvalue weighted by atomic mass is 9.97. The average molecular weight is 773 g/mol. The van der Waals surface area contributed by atoms with Crippen molar-refractivity contribution < 1.29 is 43.6 Å². The van der Waals surface area contributed by atoms with Crippen molar-refractivity contribution in [2.45, 2.75) is 62.0 Å². The van der Waals surface area contributed by atoms with Crippen LogP contribution in [0.25, 0.3) is 11.1 Å². The number of benzene rings is 5. The van der Waals surface area contributed by atoms with Gasteiger partial charge in [-0.1, -0.05) is 115 Å². The van der Waals surface area contributed by atoms with E-state index in [-0.39, 0.29) is 49.9 Å². The maximum atomic E-state index is 13.3. The number of amides is 3. The van der Waals surface area contributed by atoms with Gasteiger partial charge in [0.15, 0.2) is 6.29 Å². The zero-order valence-corrected chi connectivity index (χ0v) is 31.1. The third kappa shape index (κ3) is 9.18. The SMILES string of the molecule is O=C(NC1CC(=O)N(Cc2ccccc2-c2ccc(C3OC(CSc4ccccc4C(=O)O)CC(c4ccc(CO)cc4)O3)cc2)C1=O)OCc1ccccc1. The minimum Gasteiger partial charge on any atom is -0.478 e. The van der Waals surface area contributed by atoms with E-state index in [0.717, 1.165) is 38.9 Å². The van der Waals surface area contributed by atoms with E-state index in [1.807, 2.05) is 109 Å². The van der Waals surface area contributed by atoms with Crippen LogP contribution in [0.1, 0.15) is 63.4 Å². The lowest BCUT2D eigenvalue weighted by molar-refractivity contribution is -0.245. The van der Waals surface area contributed by atoms with E-state index < -0.39 is 30.3 Å². The molecule has 286 valence electrons. The molecule has 4 atom stereocenters. The number of aliphatic hydroxyl groups is 1. The molecule has 2 fully saturated rings. The van der Waals surface area contributed by atoms with Gasteiger partial charge in [-0.05, 0) is 45.5 Å². The van der Waals surface area contributed by atoms with Crippen molar-refractivity contribution in [1.29, 1.82) is 0 Å². The van der Waals surface area contributed by atoms with Crippen LogP contribution in [-0.4, -0.2) is 56.9 Å². The van der Waals surface area contributed by atoms with Crippen molar-refractivity contribution in [2.75, 3.05) is 5.75 Å². The first-order chi connectivity index (χ1) is 27.2. The molecule has 0 saturated carbocycles. The average Bonchev–Trinajstić information content (AvgIpc) is 3.49. The summed E-state index contributed by atoms with van der Waals surface area (Å²) < 4.78 is 18.3. The number of aliphatic hydroxyl groups excluding tert-OH is 1. The second-order valence-electron chi connectivity index (χ2n) is 13.5. The fraction of sp³-hybridized carbons (Fsp3) is 0.227. The van der Waals surface area contributed by atoms with E-state index in [0.29, 0.717) is 17.1 Å². The zero-order chi connectivity index (χ0) is 39.0. The van der Waals surface area contributed by atoms with Crippen molar-refractivity contribution >= 4 is 35.6 Å². The first-order valence-electron chi connectivity index (χ1n) is 18.2. The standard InChI is InChI=1S/C44H40N2O9S/c47-25-28-14-16-31(17-15-28)38-22-34(27-56-39-13-7-6-12-36(39)42(50)51)54-43(55-38)32-20-18-30(19-21-32)35-11-5-4-10-33(35)24-46-40(48)23-37(41(46)49)45-44(52)53-26-29-8-2-1-3-9-29/h1-21,34,37-38,43,47H,22-27H2,(H,45,52)(H,50,51). The number of rotatable bonds is 13. The molecule has 0 bridgehead atoms. The quantitative estimate of drug-likeness (QED) is 0.0814. The molecule has 3 N–H and O–H groups in total. The number of thioether (sulfide) groups is 1. The van der Waals surface area contributed by atoms with Gasteiger partial charge in [-0.3, -0.25) is 14.5 Å². The van der Waals surface area contributed by atoms with Gasteiger partial charge in [-0.2, -0.15) is 0 Å². The van der Waals surface area contributed by atoms with Crippen LogP contribution in [0.15, 0.2) is 132 Å². The van der Waals surface area contributed by atoms with Crippen LogP contribution in [0.2, 0.25) is 0 Å². The topological polar surface area (TPSA) is 152 Å². The molecule has 2 aliphatic heterocycles. The summed E-state index contributed by atoms with van der Waals surface area (Å²) in [5, 5.41) is 21.8. The summed E-state index contributed by atoms with van der Waals surface area (Å²) in [6, 6.07) is 37.9. The van der Waals surface area contributed by atoms with E-state index in [4.69, 9.17) is 14.2 Å². The smallest absolute Gasteiger partial charge is 0.408 e. The van der Waals surface area contributed by atoms with E-state index in [1.54, 1.807) is 18.2 Å². The maximum Gasteiger partial charge on any atom is 0.408 e. The molecule has 0 aliphatic carbocycles. The number of hydrogen-bond acceptors (Lipinski definition) is 9. The van der Waals surface area contributed by atoms with E-state index in [1.165, 1.54) is 16.7 Å². The predicted octanol–water partition coefficient (Wildman–Crippen LogP) is 7.44. The second kappa shape index (κ2) is 17.8. The van der Waals surface area contributed by atoms with Gasteiger partial charge in [0.2, 0.25) is 5.91 Å². The van der Waals surface area contributed by atoms with Crippen LogP contribution in [0.4, 0.5) is 4.79 Å². The highest BCUT2D eigenvalue weighted by Gasteiger charge is 2.40. The van der Waals surface area contributed by atoms with Gasteiger partial charge in [-0.15, -0.1) is 11.8 Å². The molecule has 2 aliphatic rings. The Bertz CT molecular complexity index is 2180. The largest absolute Gasteiger partial charge is 0.478 e. The number of alkyl carbamates (subject to hydrolysis) is 1. The molecule has 3 amide bonds. The summed E-state index contributed by atoms with van der Waals surface area (Å²) in [5.41, 5.74) is 5.99. The highest BCUT2D eigenvalue weighted by Crippen LogP contribution is 2.40. The van der Waals surface area contributed by atoms with Crippen LogP contribution >= 0.6 is 11.8 Å². The lowest BCUT2D eigenvalue weighted by Gasteiger charge is -2.36. The molecule has 2 saturated heterocycles. The highest BCUT2D eigenvalue weighted by molar-refractivity contribution is 7.99. The summed E-state index contributed by atoms with van der Waals surface area (Å²) in [4.78, 5) is 52.5. The molecule has 12 heteroatoms. The number of carboxylic acids is 1. The van der Waals surface area contributed by atoms with E-state index in [2.05, 4.69) is 5.32 Å². The van der Waals surface area contributed by atoms with Crippen LogP contribution in [0.3, 0.4) is 0 Å². The first kappa shape index (κ1) is 38.5. The lowest BCUT2D eigenvalue weighted by Crippen LogP contribution is -2.41. The Hall–Kier alpha value is -5.79. The van der Waals surface area contributed by atoms with Gasteiger partial charge < -0.3 is 29.7 Å². The number of hydrogen-bond donors (Lipinski definition) is 3. The molecule has 2 heterocycles. The van der Waals surface area contributed by atoms with Crippen molar-refractivity contribution in [2.24, 2.45) is 0 Å². The minimum atomic E-state index is -1.02. The number of carboxylic acid groups (broad SMARTS) is 1. The molecule has 0 aromatic heterocycles. The van der Waals surface area contributed by atoms with Crippen molar-refractivity contribution in [3.05, 3.63) is 161 Å². The van der Waals surface area contributed by atoms with Gasteiger partial charge in [0.05, 0.1) is 37.3 Å². The number of carbonyl (C=O) groups is 4. The summed E-state index contributed by atoms with van der Waals surface area (Å²) >= 11 is 1.43. The van der Waals surface area contributed by atoms with Gasteiger partial charge >= 0.3 is 12.1 Å². The zero-order valence-electron chi connectivity index (χ0n) is 30.3. The Labute approximate surface area is 328 Å². The number of likely N-dealkylation sites (tertiary alicyclic amines) is 1. The van der Waals surface area contributed by atoms with Crippen molar-refractivity contribution in [3.63, 3.8) is 0 Å². The highest BCUT2D eigenvalue weighted by atomic mass is 32.2. The Balaban J connectivity index is 1.04. The van der Waals surface area contributed by atoms with Gasteiger partial charge in [0.1, 0.15) is 12.6 Å². The molecule has 11 nitrogen and oxygen atoms in total. The monoisotopic (exact) mass is 772 g/mol. The van der Waals surface area contributed by atoms with Crippen molar-refractivity contribution in [3.8, 4) is 11.1 Å². The Morgan fingerprint density at radius 3 is 2.25 bits per heavy atom. The molecular weight excluding hydrogens is 733 g/mol. The Morgan fingerprint density at radius 1 is 0.804 bits per heavy atom. The summed E-state index contributed by atoms with van der Waals surface area (Å²) in [6.07, 6.45) is -1.70. The third-order valence-corrected chi connectivity index (χ3v) is 11.0. The number of ether oxygens (including phenoxy) is 3. The number of nitrogens with zero attached hydrogens (tertiary/aromatic N) is 1. The third-order valence-electron chi connectivity index (χ3n) is 9.75. The number of imide groups is 1.